The molecule has 2 aromatic carbocycles. The van der Waals surface area contributed by atoms with Crippen LogP contribution in [0.5, 0.6) is 0 Å². The summed E-state index contributed by atoms with van der Waals surface area (Å²) in [6.07, 6.45) is -0.667. The molecule has 1 fully saturated rings. The Morgan fingerprint density at radius 1 is 0.867 bits per heavy atom. The molecule has 7 nitrogen and oxygen atoms in total. The molecule has 1 saturated heterocycles. The van der Waals surface area contributed by atoms with E-state index in [0.29, 0.717) is 16.7 Å². The number of carbonyl (C=O) groups excluding carboxylic acids is 3. The largest absolute Gasteiger partial charge is 0.457 e. The normalized spacial score (nSPS) is 24.1. The van der Waals surface area contributed by atoms with Crippen LogP contribution in [0, 0.1) is 0 Å². The van der Waals surface area contributed by atoms with Gasteiger partial charge in [-0.15, -0.1) is 0 Å². The minimum Gasteiger partial charge on any atom is -0.457 e. The van der Waals surface area contributed by atoms with Crippen molar-refractivity contribution in [2.45, 2.75) is 31.3 Å². The first kappa shape index (κ1) is 19.8. The van der Waals surface area contributed by atoms with Gasteiger partial charge in [0.15, 0.2) is 12.2 Å². The lowest BCUT2D eigenvalue weighted by molar-refractivity contribution is -0.151. The van der Waals surface area contributed by atoms with Crippen molar-refractivity contribution in [2.24, 2.45) is 0 Å². The van der Waals surface area contributed by atoms with Gasteiger partial charge in [-0.25, -0.2) is 9.59 Å². The average molecular weight is 408 g/mol. The molecule has 1 aliphatic heterocycles. The third-order valence-electron chi connectivity index (χ3n) is 4.85. The lowest BCUT2D eigenvalue weighted by atomic mass is 9.93. The Hall–Kier alpha value is -3.45. The molecule has 0 bridgehead atoms. The number of ether oxygens (including phenoxy) is 4. The molecule has 0 saturated carbocycles. The Bertz CT molecular complexity index is 968. The molecule has 0 radical (unpaired) electrons. The maximum absolute atomic E-state index is 12.5. The zero-order valence-corrected chi connectivity index (χ0v) is 16.2. The summed E-state index contributed by atoms with van der Waals surface area (Å²) >= 11 is 0. The summed E-state index contributed by atoms with van der Waals surface area (Å²) in [6.45, 7) is 1.15. The molecule has 0 aromatic heterocycles. The number of epoxide rings is 1. The molecule has 4 rings (SSSR count). The van der Waals surface area contributed by atoms with Crippen molar-refractivity contribution >= 4 is 17.9 Å². The van der Waals surface area contributed by atoms with Crippen molar-refractivity contribution in [3.05, 3.63) is 83.4 Å². The highest BCUT2D eigenvalue weighted by atomic mass is 16.6. The van der Waals surface area contributed by atoms with Gasteiger partial charge in [-0.3, -0.25) is 4.79 Å². The van der Waals surface area contributed by atoms with Crippen LogP contribution in [0.15, 0.2) is 72.3 Å². The van der Waals surface area contributed by atoms with Crippen molar-refractivity contribution in [3.63, 3.8) is 0 Å². The standard InChI is InChI=1S/C23H20O7/c1-14(24)28-19-17(13-27-22(25)15-8-4-2-5-9-15)12-18-20(29-18)21(19)30-23(26)16-10-6-3-7-11-16/h2-12,18-21H,13H2,1H3/t18-,19+,20-,21+/m1/s1. The maximum atomic E-state index is 12.5. The maximum Gasteiger partial charge on any atom is 0.338 e. The second-order valence-electron chi connectivity index (χ2n) is 7.02. The molecule has 154 valence electrons. The van der Waals surface area contributed by atoms with Crippen LogP contribution in [0.3, 0.4) is 0 Å². The van der Waals surface area contributed by atoms with E-state index < -0.39 is 36.2 Å². The van der Waals surface area contributed by atoms with Gasteiger partial charge < -0.3 is 18.9 Å². The first-order chi connectivity index (χ1) is 14.5. The van der Waals surface area contributed by atoms with Crippen LogP contribution in [0.1, 0.15) is 27.6 Å². The van der Waals surface area contributed by atoms with Crippen molar-refractivity contribution in [1.82, 2.24) is 0 Å². The van der Waals surface area contributed by atoms with Gasteiger partial charge in [0, 0.05) is 12.5 Å². The van der Waals surface area contributed by atoms with Crippen molar-refractivity contribution < 1.29 is 33.3 Å². The van der Waals surface area contributed by atoms with Crippen LogP contribution < -0.4 is 0 Å². The van der Waals surface area contributed by atoms with Crippen LogP contribution in [-0.4, -0.2) is 48.9 Å². The molecule has 0 N–H and O–H groups in total. The average Bonchev–Trinajstić information content (AvgIpc) is 3.54. The molecule has 2 aromatic rings. The summed E-state index contributed by atoms with van der Waals surface area (Å²) < 4.78 is 22.0. The highest BCUT2D eigenvalue weighted by Gasteiger charge is 2.55. The quantitative estimate of drug-likeness (QED) is 0.314. The Morgan fingerprint density at radius 3 is 2.07 bits per heavy atom. The molecule has 0 unspecified atom stereocenters. The summed E-state index contributed by atoms with van der Waals surface area (Å²) in [7, 11) is 0. The summed E-state index contributed by atoms with van der Waals surface area (Å²) in [5, 5.41) is 0. The molecule has 7 heteroatoms. The predicted molar refractivity (Wildman–Crippen MR) is 105 cm³/mol. The smallest absolute Gasteiger partial charge is 0.338 e. The molecule has 1 aliphatic carbocycles. The van der Waals surface area contributed by atoms with E-state index in [1.807, 2.05) is 0 Å². The topological polar surface area (TPSA) is 91.4 Å². The molecule has 0 spiro atoms. The SMILES string of the molecule is CC(=O)O[C@H]1C(COC(=O)c2ccccc2)=C[C@H]2O[C@H]2[C@H]1OC(=O)c1ccccc1. The number of rotatable bonds is 6. The number of hydrogen-bond acceptors (Lipinski definition) is 7. The third kappa shape index (κ3) is 4.41. The van der Waals surface area contributed by atoms with Crippen molar-refractivity contribution in [3.8, 4) is 0 Å². The number of benzene rings is 2. The fourth-order valence-corrected chi connectivity index (χ4v) is 3.38. The summed E-state index contributed by atoms with van der Waals surface area (Å²) in [5.41, 5.74) is 1.30. The van der Waals surface area contributed by atoms with Gasteiger partial charge in [-0.05, 0) is 30.3 Å². The minimum atomic E-state index is -0.900. The van der Waals surface area contributed by atoms with Gasteiger partial charge in [0.1, 0.15) is 18.8 Å². The number of fused-ring (bicyclic) bond motifs is 1. The zero-order chi connectivity index (χ0) is 21.1. The lowest BCUT2D eigenvalue weighted by Crippen LogP contribution is -2.44. The second kappa shape index (κ2) is 8.51. The highest BCUT2D eigenvalue weighted by Crippen LogP contribution is 2.39. The van der Waals surface area contributed by atoms with Crippen LogP contribution in [-0.2, 0) is 23.7 Å². The zero-order valence-electron chi connectivity index (χ0n) is 16.2. The first-order valence-corrected chi connectivity index (χ1v) is 9.54. The fourth-order valence-electron chi connectivity index (χ4n) is 3.38. The van der Waals surface area contributed by atoms with E-state index in [4.69, 9.17) is 18.9 Å². The third-order valence-corrected chi connectivity index (χ3v) is 4.85. The number of carbonyl (C=O) groups is 3. The van der Waals surface area contributed by atoms with E-state index in [1.165, 1.54) is 6.92 Å². The van der Waals surface area contributed by atoms with Crippen LogP contribution in [0.4, 0.5) is 0 Å². The van der Waals surface area contributed by atoms with Crippen LogP contribution in [0.25, 0.3) is 0 Å². The second-order valence-corrected chi connectivity index (χ2v) is 7.02. The van der Waals surface area contributed by atoms with Gasteiger partial charge in [0.2, 0.25) is 0 Å². The fraction of sp³-hybridized carbons (Fsp3) is 0.261. The molecular weight excluding hydrogens is 388 g/mol. The predicted octanol–water partition coefficient (Wildman–Crippen LogP) is 2.71. The van der Waals surface area contributed by atoms with Gasteiger partial charge in [-0.1, -0.05) is 36.4 Å². The van der Waals surface area contributed by atoms with E-state index >= 15 is 0 Å². The summed E-state index contributed by atoms with van der Waals surface area (Å²) in [5.74, 6) is -1.59. The van der Waals surface area contributed by atoms with Gasteiger partial charge in [-0.2, -0.15) is 0 Å². The lowest BCUT2D eigenvalue weighted by Gasteiger charge is -2.29. The van der Waals surface area contributed by atoms with Crippen molar-refractivity contribution in [2.75, 3.05) is 6.61 Å². The van der Waals surface area contributed by atoms with E-state index in [9.17, 15) is 14.4 Å². The van der Waals surface area contributed by atoms with Gasteiger partial charge in [0.25, 0.3) is 0 Å². The van der Waals surface area contributed by atoms with E-state index in [2.05, 4.69) is 0 Å². The molecule has 2 aliphatic rings. The van der Waals surface area contributed by atoms with Gasteiger partial charge >= 0.3 is 17.9 Å². The minimum absolute atomic E-state index is 0.113. The highest BCUT2D eigenvalue weighted by molar-refractivity contribution is 5.90. The molecule has 1 heterocycles. The number of hydrogen-bond donors (Lipinski definition) is 0. The Morgan fingerprint density at radius 2 is 1.47 bits per heavy atom. The van der Waals surface area contributed by atoms with Crippen LogP contribution in [0.2, 0.25) is 0 Å². The van der Waals surface area contributed by atoms with E-state index in [-0.39, 0.29) is 12.7 Å². The van der Waals surface area contributed by atoms with Crippen LogP contribution >= 0.6 is 0 Å². The number of esters is 3. The Labute approximate surface area is 173 Å². The molecular formula is C23H20O7. The summed E-state index contributed by atoms with van der Waals surface area (Å²) in [4.78, 5) is 36.5. The van der Waals surface area contributed by atoms with Crippen molar-refractivity contribution in [1.29, 1.82) is 0 Å². The Balaban J connectivity index is 1.49. The summed E-state index contributed by atoms with van der Waals surface area (Å²) in [6, 6.07) is 17.1. The Kier molecular flexibility index (Phi) is 5.63. The molecule has 30 heavy (non-hydrogen) atoms. The monoisotopic (exact) mass is 408 g/mol. The van der Waals surface area contributed by atoms with Gasteiger partial charge in [0.05, 0.1) is 11.1 Å². The molecule has 4 atom stereocenters. The first-order valence-electron chi connectivity index (χ1n) is 9.54. The van der Waals surface area contributed by atoms with E-state index in [1.54, 1.807) is 66.7 Å². The molecule has 0 amide bonds. The van der Waals surface area contributed by atoms with E-state index in [0.717, 1.165) is 0 Å².